The molecule has 2 heteroatoms. The third-order valence-electron chi connectivity index (χ3n) is 1.17. The first kappa shape index (κ1) is 7.89. The van der Waals surface area contributed by atoms with E-state index in [2.05, 4.69) is 37.1 Å². The quantitative estimate of drug-likeness (QED) is 0.646. The topological polar surface area (TPSA) is 0 Å². The molecule has 0 saturated heterocycles. The first-order valence-corrected chi connectivity index (χ1v) is 4.60. The maximum absolute atomic E-state index is 4.34. The number of thiol groups is 1. The van der Waals surface area contributed by atoms with Gasteiger partial charge < -0.3 is 0 Å². The molecule has 0 aliphatic heterocycles. The predicted molar refractivity (Wildman–Crippen MR) is 51.6 cm³/mol. The van der Waals surface area contributed by atoms with E-state index in [1.807, 2.05) is 6.07 Å². The van der Waals surface area contributed by atoms with Gasteiger partial charge in [-0.3, -0.25) is 0 Å². The van der Waals surface area contributed by atoms with E-state index >= 15 is 0 Å². The van der Waals surface area contributed by atoms with E-state index in [1.165, 1.54) is 4.88 Å². The Morgan fingerprint density at radius 1 is 1.80 bits per heavy atom. The normalized spacial score (nSPS) is 12.0. The second-order valence-electron chi connectivity index (χ2n) is 1.97. The van der Waals surface area contributed by atoms with Crippen LogP contribution in [-0.2, 0) is 0 Å². The first-order valence-electron chi connectivity index (χ1n) is 3.27. The highest BCUT2D eigenvalue weighted by Crippen LogP contribution is 2.23. The molecule has 0 aliphatic carbocycles. The van der Waals surface area contributed by atoms with Crippen LogP contribution in [0.1, 0.15) is 18.2 Å². The molecule has 1 aromatic rings. The molecule has 0 atom stereocenters. The largest absolute Gasteiger partial charge is 0.143 e. The molecule has 1 heterocycles. The van der Waals surface area contributed by atoms with E-state index in [0.29, 0.717) is 0 Å². The van der Waals surface area contributed by atoms with E-state index in [4.69, 9.17) is 0 Å². The Bertz CT molecular complexity index is 209. The fourth-order valence-corrected chi connectivity index (χ4v) is 1.80. The Labute approximate surface area is 71.0 Å². The highest BCUT2D eigenvalue weighted by atomic mass is 32.1. The van der Waals surface area contributed by atoms with Gasteiger partial charge in [0.2, 0.25) is 0 Å². The SMILES string of the molecule is CC/C=C(\S)c1cccs1. The van der Waals surface area contributed by atoms with Crippen molar-refractivity contribution in [3.05, 3.63) is 28.5 Å². The Morgan fingerprint density at radius 3 is 3.10 bits per heavy atom. The molecule has 0 bridgehead atoms. The van der Waals surface area contributed by atoms with Crippen molar-refractivity contribution in [2.45, 2.75) is 13.3 Å². The number of hydrogen-bond donors (Lipinski definition) is 1. The zero-order valence-electron chi connectivity index (χ0n) is 5.87. The van der Waals surface area contributed by atoms with Gasteiger partial charge in [-0.25, -0.2) is 0 Å². The fourth-order valence-electron chi connectivity index (χ4n) is 0.718. The Hall–Kier alpha value is -0.210. The molecule has 1 aromatic heterocycles. The van der Waals surface area contributed by atoms with Gasteiger partial charge in [-0.15, -0.1) is 24.0 Å². The van der Waals surface area contributed by atoms with Crippen molar-refractivity contribution in [1.82, 2.24) is 0 Å². The molecule has 0 aliphatic rings. The van der Waals surface area contributed by atoms with Crippen LogP contribution < -0.4 is 0 Å². The van der Waals surface area contributed by atoms with Crippen molar-refractivity contribution in [2.75, 3.05) is 0 Å². The molecule has 0 radical (unpaired) electrons. The summed E-state index contributed by atoms with van der Waals surface area (Å²) in [6.07, 6.45) is 3.17. The molecule has 0 aromatic carbocycles. The predicted octanol–water partition coefficient (Wildman–Crippen LogP) is 3.43. The summed E-state index contributed by atoms with van der Waals surface area (Å²) in [6, 6.07) is 4.12. The molecule has 10 heavy (non-hydrogen) atoms. The highest BCUT2D eigenvalue weighted by molar-refractivity contribution is 7.90. The second kappa shape index (κ2) is 3.84. The van der Waals surface area contributed by atoms with Gasteiger partial charge >= 0.3 is 0 Å². The van der Waals surface area contributed by atoms with Crippen LogP contribution in [0.3, 0.4) is 0 Å². The van der Waals surface area contributed by atoms with Crippen LogP contribution in [0.15, 0.2) is 23.6 Å². The maximum atomic E-state index is 4.34. The molecule has 0 spiro atoms. The minimum absolute atomic E-state index is 1.05. The number of allylic oxidation sites excluding steroid dienone is 1. The van der Waals surface area contributed by atoms with Crippen LogP contribution in [0.4, 0.5) is 0 Å². The molecule has 54 valence electrons. The molecule has 0 unspecified atom stereocenters. The van der Waals surface area contributed by atoms with Crippen LogP contribution in [0.5, 0.6) is 0 Å². The summed E-state index contributed by atoms with van der Waals surface area (Å²) < 4.78 is 0. The summed E-state index contributed by atoms with van der Waals surface area (Å²) >= 11 is 6.06. The van der Waals surface area contributed by atoms with Crippen LogP contribution in [0.2, 0.25) is 0 Å². The lowest BCUT2D eigenvalue weighted by Gasteiger charge is -1.91. The highest BCUT2D eigenvalue weighted by Gasteiger charge is 1.93. The van der Waals surface area contributed by atoms with Gasteiger partial charge in [-0.1, -0.05) is 19.1 Å². The van der Waals surface area contributed by atoms with Crippen LogP contribution in [0.25, 0.3) is 4.91 Å². The van der Waals surface area contributed by atoms with Crippen molar-refractivity contribution in [3.63, 3.8) is 0 Å². The molecule has 0 N–H and O–H groups in total. The van der Waals surface area contributed by atoms with E-state index in [0.717, 1.165) is 11.3 Å². The van der Waals surface area contributed by atoms with Gasteiger partial charge in [0, 0.05) is 9.78 Å². The summed E-state index contributed by atoms with van der Waals surface area (Å²) in [5.41, 5.74) is 0. The molecular formula is C8H10S2. The van der Waals surface area contributed by atoms with E-state index in [-0.39, 0.29) is 0 Å². The lowest BCUT2D eigenvalue weighted by atomic mass is 10.3. The number of hydrogen-bond acceptors (Lipinski definition) is 2. The van der Waals surface area contributed by atoms with Gasteiger partial charge in [0.15, 0.2) is 0 Å². The summed E-state index contributed by atoms with van der Waals surface area (Å²) in [7, 11) is 0. The summed E-state index contributed by atoms with van der Waals surface area (Å²) in [6.45, 7) is 2.11. The smallest absolute Gasteiger partial charge is 0.0400 e. The Morgan fingerprint density at radius 2 is 2.60 bits per heavy atom. The molecule has 0 nitrogen and oxygen atoms in total. The number of thiophene rings is 1. The summed E-state index contributed by atoms with van der Waals surface area (Å²) in [5, 5.41) is 2.06. The lowest BCUT2D eigenvalue weighted by molar-refractivity contribution is 1.23. The summed E-state index contributed by atoms with van der Waals surface area (Å²) in [4.78, 5) is 2.35. The Balaban J connectivity index is 2.77. The van der Waals surface area contributed by atoms with Gasteiger partial charge in [-0.05, 0) is 17.9 Å². The molecule has 0 fully saturated rings. The Kier molecular flexibility index (Phi) is 3.03. The fraction of sp³-hybridized carbons (Fsp3) is 0.250. The van der Waals surface area contributed by atoms with E-state index in [1.54, 1.807) is 11.3 Å². The third kappa shape index (κ3) is 1.89. The van der Waals surface area contributed by atoms with Gasteiger partial charge in [-0.2, -0.15) is 0 Å². The minimum Gasteiger partial charge on any atom is -0.143 e. The molecular weight excluding hydrogens is 160 g/mol. The maximum Gasteiger partial charge on any atom is 0.0400 e. The van der Waals surface area contributed by atoms with Gasteiger partial charge in [0.1, 0.15) is 0 Å². The van der Waals surface area contributed by atoms with Crippen LogP contribution >= 0.6 is 24.0 Å². The average molecular weight is 170 g/mol. The van der Waals surface area contributed by atoms with Crippen molar-refractivity contribution in [3.8, 4) is 0 Å². The van der Waals surface area contributed by atoms with Crippen molar-refractivity contribution in [2.24, 2.45) is 0 Å². The standard InChI is InChI=1S/C8H10S2/c1-2-4-7(9)8-5-3-6-10-8/h3-6,9H,2H2,1H3/b7-4-. The van der Waals surface area contributed by atoms with Crippen molar-refractivity contribution >= 4 is 28.9 Å². The van der Waals surface area contributed by atoms with E-state index in [9.17, 15) is 0 Å². The third-order valence-corrected chi connectivity index (χ3v) is 2.65. The van der Waals surface area contributed by atoms with Crippen LogP contribution in [-0.4, -0.2) is 0 Å². The van der Waals surface area contributed by atoms with E-state index < -0.39 is 0 Å². The van der Waals surface area contributed by atoms with Crippen molar-refractivity contribution in [1.29, 1.82) is 0 Å². The van der Waals surface area contributed by atoms with Gasteiger partial charge in [0.05, 0.1) is 0 Å². The second-order valence-corrected chi connectivity index (χ2v) is 3.40. The molecule has 0 saturated carbocycles. The minimum atomic E-state index is 1.05. The first-order chi connectivity index (χ1) is 4.84. The number of rotatable bonds is 2. The molecule has 1 rings (SSSR count). The lowest BCUT2D eigenvalue weighted by Crippen LogP contribution is -1.65. The van der Waals surface area contributed by atoms with Gasteiger partial charge in [0.25, 0.3) is 0 Å². The van der Waals surface area contributed by atoms with Crippen molar-refractivity contribution < 1.29 is 0 Å². The summed E-state index contributed by atoms with van der Waals surface area (Å²) in [5.74, 6) is 0. The van der Waals surface area contributed by atoms with Crippen LogP contribution in [0, 0.1) is 0 Å². The zero-order chi connectivity index (χ0) is 7.40. The monoisotopic (exact) mass is 170 g/mol. The zero-order valence-corrected chi connectivity index (χ0v) is 7.58. The average Bonchev–Trinajstić information content (AvgIpc) is 2.38. The molecule has 0 amide bonds.